The average Bonchev–Trinajstić information content (AvgIpc) is 3.05. The molecule has 0 bridgehead atoms. The lowest BCUT2D eigenvalue weighted by molar-refractivity contribution is -0.122. The van der Waals surface area contributed by atoms with E-state index in [-0.39, 0.29) is 36.0 Å². The van der Waals surface area contributed by atoms with Gasteiger partial charge in [-0.2, -0.15) is 0 Å². The van der Waals surface area contributed by atoms with E-state index in [9.17, 15) is 19.5 Å². The molecule has 8 heteroatoms. The van der Waals surface area contributed by atoms with Gasteiger partial charge in [-0.05, 0) is 30.2 Å². The molecule has 2 aromatic rings. The summed E-state index contributed by atoms with van der Waals surface area (Å²) in [5, 5.41) is 14.5. The molecule has 0 radical (unpaired) electrons. The van der Waals surface area contributed by atoms with Crippen LogP contribution in [0.5, 0.6) is 0 Å². The number of nitrogens with zero attached hydrogens (tertiary/aromatic N) is 1. The Morgan fingerprint density at radius 3 is 2.88 bits per heavy atom. The molecule has 0 aliphatic heterocycles. The molecular formula is C16H19N3O4S. The van der Waals surface area contributed by atoms with Gasteiger partial charge in [0.2, 0.25) is 5.91 Å². The van der Waals surface area contributed by atoms with Gasteiger partial charge in [0.15, 0.2) is 0 Å². The fourth-order valence-electron chi connectivity index (χ4n) is 2.93. The summed E-state index contributed by atoms with van der Waals surface area (Å²) in [4.78, 5) is 39.2. The number of aliphatic hydroxyl groups is 1. The van der Waals surface area contributed by atoms with Crippen LogP contribution in [-0.4, -0.2) is 26.7 Å². The number of amides is 1. The molecule has 3 rings (SSSR count). The largest absolute Gasteiger partial charge is 0.393 e. The number of aromatic nitrogens is 2. The van der Waals surface area contributed by atoms with Gasteiger partial charge in [-0.15, -0.1) is 11.3 Å². The molecule has 1 fully saturated rings. The van der Waals surface area contributed by atoms with Crippen LogP contribution in [0.4, 0.5) is 0 Å². The monoisotopic (exact) mass is 349 g/mol. The van der Waals surface area contributed by atoms with E-state index < -0.39 is 11.2 Å². The predicted octanol–water partition coefficient (Wildman–Crippen LogP) is 0.306. The number of rotatable bonds is 5. The molecule has 128 valence electrons. The van der Waals surface area contributed by atoms with Crippen molar-refractivity contribution in [3.8, 4) is 0 Å². The van der Waals surface area contributed by atoms with Crippen molar-refractivity contribution in [2.24, 2.45) is 13.0 Å². The maximum absolute atomic E-state index is 12.4. The van der Waals surface area contributed by atoms with Crippen molar-refractivity contribution >= 4 is 17.2 Å². The lowest BCUT2D eigenvalue weighted by atomic mass is 9.76. The summed E-state index contributed by atoms with van der Waals surface area (Å²) in [6, 6.07) is 3.72. The molecule has 1 unspecified atom stereocenters. The van der Waals surface area contributed by atoms with Crippen LogP contribution in [0, 0.1) is 5.92 Å². The van der Waals surface area contributed by atoms with Crippen LogP contribution < -0.4 is 16.6 Å². The number of carbonyl (C=O) groups is 1. The summed E-state index contributed by atoms with van der Waals surface area (Å²) in [7, 11) is 1.37. The van der Waals surface area contributed by atoms with Crippen molar-refractivity contribution in [1.29, 1.82) is 0 Å². The highest BCUT2D eigenvalue weighted by molar-refractivity contribution is 7.10. The lowest BCUT2D eigenvalue weighted by Crippen LogP contribution is -2.42. The zero-order chi connectivity index (χ0) is 17.3. The van der Waals surface area contributed by atoms with Crippen LogP contribution >= 0.6 is 11.3 Å². The molecule has 0 saturated heterocycles. The van der Waals surface area contributed by atoms with Crippen LogP contribution in [0.3, 0.4) is 0 Å². The van der Waals surface area contributed by atoms with E-state index in [0.29, 0.717) is 12.8 Å². The summed E-state index contributed by atoms with van der Waals surface area (Å²) in [5.74, 6) is -0.0834. The van der Waals surface area contributed by atoms with Gasteiger partial charge in [0, 0.05) is 23.7 Å². The zero-order valence-corrected chi connectivity index (χ0v) is 14.0. The topological polar surface area (TPSA) is 104 Å². The Balaban J connectivity index is 1.73. The number of carbonyl (C=O) groups excluding carboxylic acids is 1. The number of thiophene rings is 1. The molecule has 7 nitrogen and oxygen atoms in total. The lowest BCUT2D eigenvalue weighted by Gasteiger charge is -2.37. The molecule has 1 saturated carbocycles. The van der Waals surface area contributed by atoms with Crippen molar-refractivity contribution in [2.45, 2.75) is 31.4 Å². The van der Waals surface area contributed by atoms with Gasteiger partial charge in [-0.3, -0.25) is 14.2 Å². The van der Waals surface area contributed by atoms with Gasteiger partial charge in [-0.1, -0.05) is 6.07 Å². The third-order valence-electron chi connectivity index (χ3n) is 4.39. The Morgan fingerprint density at radius 2 is 2.25 bits per heavy atom. The summed E-state index contributed by atoms with van der Waals surface area (Å²) < 4.78 is 0.946. The van der Waals surface area contributed by atoms with Crippen LogP contribution in [0.1, 0.15) is 29.3 Å². The molecule has 0 spiro atoms. The van der Waals surface area contributed by atoms with E-state index >= 15 is 0 Å². The van der Waals surface area contributed by atoms with Crippen molar-refractivity contribution in [1.82, 2.24) is 14.9 Å². The predicted molar refractivity (Wildman–Crippen MR) is 89.9 cm³/mol. The van der Waals surface area contributed by atoms with Crippen molar-refractivity contribution < 1.29 is 9.90 Å². The quantitative estimate of drug-likeness (QED) is 0.722. The number of H-pyrrole nitrogens is 1. The molecule has 2 aromatic heterocycles. The van der Waals surface area contributed by atoms with Crippen molar-refractivity contribution in [3.63, 3.8) is 0 Å². The minimum Gasteiger partial charge on any atom is -0.393 e. The van der Waals surface area contributed by atoms with E-state index in [0.717, 1.165) is 9.44 Å². The SMILES string of the molecule is Cn1c(=O)[nH]cc(CC(=O)NC(c2cccs2)C2CC(O)C2)c1=O. The third kappa shape index (κ3) is 3.34. The molecule has 1 aliphatic rings. The van der Waals surface area contributed by atoms with Crippen LogP contribution in [0.25, 0.3) is 0 Å². The minimum atomic E-state index is -0.510. The first-order valence-corrected chi connectivity index (χ1v) is 8.62. The highest BCUT2D eigenvalue weighted by Crippen LogP contribution is 2.39. The first-order chi connectivity index (χ1) is 11.5. The van der Waals surface area contributed by atoms with E-state index in [4.69, 9.17) is 0 Å². The summed E-state index contributed by atoms with van der Waals surface area (Å²) in [6.45, 7) is 0. The van der Waals surface area contributed by atoms with Gasteiger partial charge in [-0.25, -0.2) is 4.79 Å². The van der Waals surface area contributed by atoms with Crippen LogP contribution in [0.2, 0.25) is 0 Å². The van der Waals surface area contributed by atoms with Crippen molar-refractivity contribution in [2.75, 3.05) is 0 Å². The van der Waals surface area contributed by atoms with Crippen molar-refractivity contribution in [3.05, 3.63) is 55.0 Å². The highest BCUT2D eigenvalue weighted by atomic mass is 32.1. The molecule has 2 heterocycles. The molecule has 3 N–H and O–H groups in total. The smallest absolute Gasteiger partial charge is 0.328 e. The number of hydrogen-bond acceptors (Lipinski definition) is 5. The number of hydrogen-bond donors (Lipinski definition) is 3. The van der Waals surface area contributed by atoms with Gasteiger partial charge in [0.1, 0.15) is 0 Å². The first kappa shape index (κ1) is 16.7. The molecule has 0 aromatic carbocycles. The molecule has 1 amide bonds. The Kier molecular flexibility index (Phi) is 4.68. The van der Waals surface area contributed by atoms with Gasteiger partial charge in [0.25, 0.3) is 5.56 Å². The maximum atomic E-state index is 12.4. The fourth-order valence-corrected chi connectivity index (χ4v) is 3.80. The molecule has 24 heavy (non-hydrogen) atoms. The second-order valence-electron chi connectivity index (χ2n) is 6.11. The van der Waals surface area contributed by atoms with Gasteiger partial charge >= 0.3 is 5.69 Å². The normalized spacial score (nSPS) is 21.1. The fraction of sp³-hybridized carbons (Fsp3) is 0.438. The summed E-state index contributed by atoms with van der Waals surface area (Å²) in [6.07, 6.45) is 2.20. The Morgan fingerprint density at radius 1 is 1.50 bits per heavy atom. The van der Waals surface area contributed by atoms with Gasteiger partial charge in [0.05, 0.1) is 18.6 Å². The number of aromatic amines is 1. The second kappa shape index (κ2) is 6.74. The standard InChI is InChI=1S/C16H19N3O4S/c1-19-15(22)10(8-17-16(19)23)7-13(21)18-14(9-5-11(20)6-9)12-3-2-4-24-12/h2-4,8-9,11,14,20H,5-7H2,1H3,(H,17,23)(H,18,21). The highest BCUT2D eigenvalue weighted by Gasteiger charge is 2.36. The molecule has 1 atom stereocenters. The van der Waals surface area contributed by atoms with E-state index in [1.165, 1.54) is 13.2 Å². The van der Waals surface area contributed by atoms with E-state index in [2.05, 4.69) is 10.3 Å². The van der Waals surface area contributed by atoms with Crippen LogP contribution in [-0.2, 0) is 18.3 Å². The zero-order valence-electron chi connectivity index (χ0n) is 13.2. The summed E-state index contributed by atoms with van der Waals surface area (Å²) in [5.41, 5.74) is -0.738. The average molecular weight is 349 g/mol. The molecular weight excluding hydrogens is 330 g/mol. The number of nitrogens with one attached hydrogen (secondary N) is 2. The Bertz CT molecular complexity index is 834. The van der Waals surface area contributed by atoms with Crippen LogP contribution in [0.15, 0.2) is 33.3 Å². The Hall–Kier alpha value is -2.19. The second-order valence-corrected chi connectivity index (χ2v) is 7.09. The third-order valence-corrected chi connectivity index (χ3v) is 5.35. The minimum absolute atomic E-state index is 0.0966. The maximum Gasteiger partial charge on any atom is 0.328 e. The molecule has 1 aliphatic carbocycles. The summed E-state index contributed by atoms with van der Waals surface area (Å²) >= 11 is 1.56. The van der Waals surface area contributed by atoms with Gasteiger partial charge < -0.3 is 15.4 Å². The Labute approximate surface area is 142 Å². The first-order valence-electron chi connectivity index (χ1n) is 7.74. The van der Waals surface area contributed by atoms with E-state index in [1.807, 2.05) is 17.5 Å². The van der Waals surface area contributed by atoms with E-state index in [1.54, 1.807) is 11.3 Å². The number of aliphatic hydroxyl groups excluding tert-OH is 1.